The van der Waals surface area contributed by atoms with Crippen molar-refractivity contribution in [3.8, 4) is 12.3 Å². The lowest BCUT2D eigenvalue weighted by molar-refractivity contribution is 0.244. The minimum absolute atomic E-state index is 0.186. The van der Waals surface area contributed by atoms with E-state index in [1.807, 2.05) is 6.07 Å². The van der Waals surface area contributed by atoms with E-state index in [0.717, 1.165) is 0 Å². The lowest BCUT2D eigenvalue weighted by atomic mass is 10.2. The SMILES string of the molecule is CC(C#N)COC#N. The van der Waals surface area contributed by atoms with Gasteiger partial charge in [0.25, 0.3) is 6.26 Å². The number of rotatable bonds is 2. The van der Waals surface area contributed by atoms with Gasteiger partial charge >= 0.3 is 0 Å². The van der Waals surface area contributed by atoms with Gasteiger partial charge in [-0.1, -0.05) is 0 Å². The van der Waals surface area contributed by atoms with Crippen LogP contribution in [0.25, 0.3) is 0 Å². The molecule has 0 rings (SSSR count). The zero-order valence-corrected chi connectivity index (χ0v) is 4.59. The second kappa shape index (κ2) is 3.95. The fourth-order valence-electron chi connectivity index (χ4n) is 0.200. The van der Waals surface area contributed by atoms with Crippen molar-refractivity contribution in [2.75, 3.05) is 6.61 Å². The lowest BCUT2D eigenvalue weighted by Gasteiger charge is -1.93. The zero-order valence-electron chi connectivity index (χ0n) is 4.59. The largest absolute Gasteiger partial charge is 0.426 e. The predicted octanol–water partition coefficient (Wildman–Crippen LogP) is 0.644. The Morgan fingerprint density at radius 2 is 2.25 bits per heavy atom. The topological polar surface area (TPSA) is 56.8 Å². The molecule has 0 aliphatic heterocycles. The first-order chi connectivity index (χ1) is 3.81. The molecule has 0 aromatic rings. The van der Waals surface area contributed by atoms with Gasteiger partial charge in [-0.25, -0.2) is 0 Å². The van der Waals surface area contributed by atoms with E-state index >= 15 is 0 Å². The first-order valence-corrected chi connectivity index (χ1v) is 2.21. The number of ether oxygens (including phenoxy) is 1. The highest BCUT2D eigenvalue weighted by Gasteiger charge is 1.96. The van der Waals surface area contributed by atoms with Crippen LogP contribution in [-0.2, 0) is 4.74 Å². The average Bonchev–Trinajstić information content (AvgIpc) is 1.83. The Balaban J connectivity index is 3.18. The van der Waals surface area contributed by atoms with Crippen molar-refractivity contribution in [3.63, 3.8) is 0 Å². The summed E-state index contributed by atoms with van der Waals surface area (Å²) < 4.78 is 4.27. The minimum atomic E-state index is -0.186. The van der Waals surface area contributed by atoms with E-state index in [0.29, 0.717) is 0 Å². The third kappa shape index (κ3) is 2.99. The molecule has 0 N–H and O–H groups in total. The van der Waals surface area contributed by atoms with Gasteiger partial charge in [0.1, 0.15) is 6.61 Å². The van der Waals surface area contributed by atoms with Crippen LogP contribution in [0, 0.1) is 28.8 Å². The third-order valence-corrected chi connectivity index (χ3v) is 0.618. The van der Waals surface area contributed by atoms with Crippen molar-refractivity contribution in [2.45, 2.75) is 6.92 Å². The van der Waals surface area contributed by atoms with Crippen LogP contribution in [0.3, 0.4) is 0 Å². The van der Waals surface area contributed by atoms with E-state index in [9.17, 15) is 0 Å². The van der Waals surface area contributed by atoms with E-state index in [-0.39, 0.29) is 12.5 Å². The molecule has 0 fully saturated rings. The molecule has 3 heteroatoms. The van der Waals surface area contributed by atoms with E-state index < -0.39 is 0 Å². The van der Waals surface area contributed by atoms with Gasteiger partial charge in [-0.15, -0.1) is 0 Å². The summed E-state index contributed by atoms with van der Waals surface area (Å²) in [5.74, 6) is -0.186. The van der Waals surface area contributed by atoms with E-state index in [2.05, 4.69) is 4.74 Å². The molecule has 0 bridgehead atoms. The summed E-state index contributed by atoms with van der Waals surface area (Å²) in [6, 6.07) is 1.92. The fraction of sp³-hybridized carbons (Fsp3) is 0.600. The van der Waals surface area contributed by atoms with Gasteiger partial charge in [-0.05, 0) is 6.92 Å². The molecule has 0 saturated carbocycles. The highest BCUT2D eigenvalue weighted by Crippen LogP contribution is 1.89. The van der Waals surface area contributed by atoms with Gasteiger partial charge in [0.05, 0.1) is 12.0 Å². The molecule has 0 radical (unpaired) electrons. The monoisotopic (exact) mass is 110 g/mol. The molecule has 0 saturated heterocycles. The summed E-state index contributed by atoms with van der Waals surface area (Å²) in [5.41, 5.74) is 0. The number of hydrogen-bond acceptors (Lipinski definition) is 3. The molecule has 0 heterocycles. The second-order valence-electron chi connectivity index (χ2n) is 1.43. The van der Waals surface area contributed by atoms with Gasteiger partial charge in [-0.3, -0.25) is 0 Å². The Kier molecular flexibility index (Phi) is 3.35. The van der Waals surface area contributed by atoms with Crippen molar-refractivity contribution in [2.24, 2.45) is 5.92 Å². The van der Waals surface area contributed by atoms with Crippen LogP contribution in [-0.4, -0.2) is 6.61 Å². The maximum Gasteiger partial charge on any atom is 0.286 e. The summed E-state index contributed by atoms with van der Waals surface area (Å²) in [6.07, 6.45) is 1.48. The Labute approximate surface area is 48.1 Å². The highest BCUT2D eigenvalue weighted by atomic mass is 16.5. The molecule has 0 aromatic carbocycles. The van der Waals surface area contributed by atoms with Crippen molar-refractivity contribution in [1.29, 1.82) is 10.5 Å². The number of nitriles is 2. The van der Waals surface area contributed by atoms with Gasteiger partial charge in [0, 0.05) is 0 Å². The van der Waals surface area contributed by atoms with Crippen LogP contribution in [0.15, 0.2) is 0 Å². The molecule has 0 aromatic heterocycles. The Bertz CT molecular complexity index is 130. The van der Waals surface area contributed by atoms with E-state index in [1.54, 1.807) is 6.92 Å². The molecule has 8 heavy (non-hydrogen) atoms. The Morgan fingerprint density at radius 3 is 2.62 bits per heavy atom. The lowest BCUT2D eigenvalue weighted by Crippen LogP contribution is -1.98. The third-order valence-electron chi connectivity index (χ3n) is 0.618. The van der Waals surface area contributed by atoms with Gasteiger partial charge in [0.2, 0.25) is 0 Å². The Hall–Kier alpha value is -1.22. The average molecular weight is 110 g/mol. The van der Waals surface area contributed by atoms with E-state index in [1.165, 1.54) is 6.26 Å². The molecule has 3 nitrogen and oxygen atoms in total. The molecule has 0 spiro atoms. The van der Waals surface area contributed by atoms with Crippen molar-refractivity contribution in [1.82, 2.24) is 0 Å². The van der Waals surface area contributed by atoms with Gasteiger partial charge in [-0.2, -0.15) is 10.5 Å². The maximum atomic E-state index is 8.12. The molecule has 1 atom stereocenters. The Morgan fingerprint density at radius 1 is 1.62 bits per heavy atom. The normalized spacial score (nSPS) is 10.9. The molecule has 0 amide bonds. The molecule has 1 unspecified atom stereocenters. The summed E-state index contributed by atoms with van der Waals surface area (Å²) in [6.45, 7) is 1.89. The fourth-order valence-corrected chi connectivity index (χ4v) is 0.200. The van der Waals surface area contributed by atoms with Crippen molar-refractivity contribution < 1.29 is 4.74 Å². The first-order valence-electron chi connectivity index (χ1n) is 2.21. The highest BCUT2D eigenvalue weighted by molar-refractivity contribution is 4.78. The van der Waals surface area contributed by atoms with Crippen LogP contribution in [0.2, 0.25) is 0 Å². The standard InChI is InChI=1S/C5H6N2O/c1-5(2-6)3-8-4-7/h5H,3H2,1H3. The van der Waals surface area contributed by atoms with Crippen LogP contribution in [0.5, 0.6) is 0 Å². The second-order valence-corrected chi connectivity index (χ2v) is 1.43. The molecular weight excluding hydrogens is 104 g/mol. The summed E-state index contributed by atoms with van der Waals surface area (Å²) >= 11 is 0. The van der Waals surface area contributed by atoms with E-state index in [4.69, 9.17) is 10.5 Å². The van der Waals surface area contributed by atoms with Crippen molar-refractivity contribution in [3.05, 3.63) is 0 Å². The number of nitrogens with zero attached hydrogens (tertiary/aromatic N) is 2. The first kappa shape index (κ1) is 6.78. The summed E-state index contributed by atoms with van der Waals surface area (Å²) in [4.78, 5) is 0. The summed E-state index contributed by atoms with van der Waals surface area (Å²) in [7, 11) is 0. The minimum Gasteiger partial charge on any atom is -0.426 e. The summed E-state index contributed by atoms with van der Waals surface area (Å²) in [5, 5.41) is 16.0. The smallest absolute Gasteiger partial charge is 0.286 e. The maximum absolute atomic E-state index is 8.12. The number of hydrogen-bond donors (Lipinski definition) is 0. The van der Waals surface area contributed by atoms with Crippen LogP contribution in [0.1, 0.15) is 6.92 Å². The predicted molar refractivity (Wildman–Crippen MR) is 26.3 cm³/mol. The quantitative estimate of drug-likeness (QED) is 0.490. The van der Waals surface area contributed by atoms with Gasteiger partial charge in [0.15, 0.2) is 0 Å². The molecule has 0 aliphatic carbocycles. The molecule has 42 valence electrons. The van der Waals surface area contributed by atoms with Crippen LogP contribution >= 0.6 is 0 Å². The molecule has 0 aliphatic rings. The van der Waals surface area contributed by atoms with Crippen LogP contribution < -0.4 is 0 Å². The zero-order chi connectivity index (χ0) is 6.41. The van der Waals surface area contributed by atoms with Gasteiger partial charge < -0.3 is 4.74 Å². The van der Waals surface area contributed by atoms with Crippen LogP contribution in [0.4, 0.5) is 0 Å². The molecular formula is C5H6N2O. The van der Waals surface area contributed by atoms with Crippen molar-refractivity contribution >= 4 is 0 Å².